The molecule has 178 valence electrons. The number of benzene rings is 1. The molecule has 5 nitrogen and oxygen atoms in total. The molecule has 0 spiro atoms. The first-order valence-corrected chi connectivity index (χ1v) is 13.5. The van der Waals surface area contributed by atoms with E-state index in [2.05, 4.69) is 64.8 Å². The van der Waals surface area contributed by atoms with Gasteiger partial charge in [-0.05, 0) is 63.3 Å². The summed E-state index contributed by atoms with van der Waals surface area (Å²) in [4.78, 5) is 23.9. The molecule has 5 heterocycles. The van der Waals surface area contributed by atoms with Crippen molar-refractivity contribution in [2.24, 2.45) is 0 Å². The van der Waals surface area contributed by atoms with Crippen LogP contribution in [0, 0.1) is 13.8 Å². The van der Waals surface area contributed by atoms with E-state index < -0.39 is 0 Å². The van der Waals surface area contributed by atoms with Gasteiger partial charge < -0.3 is 15.2 Å². The largest absolute Gasteiger partial charge is 0.346 e. The molecular weight excluding hydrogens is 440 g/mol. The summed E-state index contributed by atoms with van der Waals surface area (Å²) in [6, 6.07) is 9.85. The quantitative estimate of drug-likeness (QED) is 0.507. The number of fused-ring (bicyclic) bond motifs is 3. The molecule has 2 N–H and O–H groups in total. The number of piperazine rings is 1. The number of hydrogen-bond donors (Lipinski definition) is 2. The molecule has 6 rings (SSSR count). The molecule has 0 atom stereocenters. The highest BCUT2D eigenvalue weighted by molar-refractivity contribution is 7.20. The highest BCUT2D eigenvalue weighted by atomic mass is 32.1. The highest BCUT2D eigenvalue weighted by Crippen LogP contribution is 2.42. The Morgan fingerprint density at radius 2 is 1.68 bits per heavy atom. The zero-order valence-corrected chi connectivity index (χ0v) is 21.1. The third kappa shape index (κ3) is 3.82. The van der Waals surface area contributed by atoms with Crippen LogP contribution in [0.4, 0.5) is 0 Å². The lowest BCUT2D eigenvalue weighted by molar-refractivity contribution is -0.126. The van der Waals surface area contributed by atoms with Crippen molar-refractivity contribution in [3.05, 3.63) is 52.4 Å². The monoisotopic (exact) mass is 474 g/mol. The van der Waals surface area contributed by atoms with Crippen molar-refractivity contribution in [1.82, 2.24) is 20.1 Å². The highest BCUT2D eigenvalue weighted by Gasteiger charge is 2.42. The fourth-order valence-electron chi connectivity index (χ4n) is 6.31. The van der Waals surface area contributed by atoms with Crippen LogP contribution in [0.15, 0.2) is 30.8 Å². The third-order valence-corrected chi connectivity index (χ3v) is 9.05. The number of hydrogen-bond acceptors (Lipinski definition) is 4. The average Bonchev–Trinajstić information content (AvgIpc) is 3.59. The van der Waals surface area contributed by atoms with E-state index in [0.717, 1.165) is 68.1 Å². The van der Waals surface area contributed by atoms with Gasteiger partial charge in [-0.1, -0.05) is 23.8 Å². The summed E-state index contributed by atoms with van der Waals surface area (Å²) in [5.74, 6) is 0.145. The molecule has 0 saturated carbocycles. The van der Waals surface area contributed by atoms with Gasteiger partial charge in [0.15, 0.2) is 0 Å². The van der Waals surface area contributed by atoms with Crippen LogP contribution >= 0.6 is 11.3 Å². The van der Waals surface area contributed by atoms with Crippen LogP contribution in [0.3, 0.4) is 0 Å². The van der Waals surface area contributed by atoms with Gasteiger partial charge in [0.2, 0.25) is 0 Å². The van der Waals surface area contributed by atoms with E-state index in [1.807, 2.05) is 0 Å². The van der Waals surface area contributed by atoms with E-state index in [1.165, 1.54) is 33.3 Å². The van der Waals surface area contributed by atoms with Gasteiger partial charge in [0.05, 0.1) is 5.69 Å². The zero-order valence-electron chi connectivity index (χ0n) is 20.2. The maximum atomic E-state index is 13.4. The molecule has 0 radical (unpaired) electrons. The van der Waals surface area contributed by atoms with E-state index in [0.29, 0.717) is 17.7 Å². The van der Waals surface area contributed by atoms with Gasteiger partial charge in [0, 0.05) is 66.2 Å². The fourth-order valence-corrected chi connectivity index (χ4v) is 7.36. The van der Waals surface area contributed by atoms with Crippen LogP contribution in [-0.4, -0.2) is 59.0 Å². The van der Waals surface area contributed by atoms with E-state index in [-0.39, 0.29) is 5.91 Å². The molecule has 3 aromatic rings. The summed E-state index contributed by atoms with van der Waals surface area (Å²) in [7, 11) is 0. The Morgan fingerprint density at radius 1 is 1.03 bits per heavy atom. The normalized spacial score (nSPS) is 22.7. The molecule has 3 aliphatic heterocycles. The van der Waals surface area contributed by atoms with Crippen LogP contribution in [-0.2, 0) is 11.3 Å². The van der Waals surface area contributed by atoms with Crippen LogP contribution < -0.4 is 5.32 Å². The maximum absolute atomic E-state index is 13.4. The van der Waals surface area contributed by atoms with Crippen LogP contribution in [0.2, 0.25) is 0 Å². The molecule has 1 aromatic carbocycles. The smallest absolute Gasteiger partial charge is 0.255 e. The molecule has 3 saturated heterocycles. The first kappa shape index (κ1) is 22.1. The molecule has 3 aliphatic rings. The second-order valence-electron chi connectivity index (χ2n) is 10.4. The number of nitrogens with one attached hydrogen (secondary N) is 2. The average molecular weight is 475 g/mol. The molecule has 2 bridgehead atoms. The van der Waals surface area contributed by atoms with E-state index in [1.54, 1.807) is 11.3 Å². The SMILES string of the molecule is C=C(C(=O)N1C2CCC1CC2)c1cc2c(CN3CCNCC3)c(-c3cc(C)cc(C)c3)[nH]c2s1. The molecule has 0 unspecified atom stereocenters. The minimum absolute atomic E-state index is 0.145. The Kier molecular flexibility index (Phi) is 5.63. The van der Waals surface area contributed by atoms with Crippen molar-refractivity contribution in [3.63, 3.8) is 0 Å². The number of aromatic nitrogens is 1. The van der Waals surface area contributed by atoms with Crippen molar-refractivity contribution in [2.75, 3.05) is 26.2 Å². The van der Waals surface area contributed by atoms with Gasteiger partial charge in [-0.25, -0.2) is 0 Å². The number of thiophene rings is 1. The standard InChI is InChI=1S/C28H34N4OS/c1-17-12-18(2)14-20(13-17)26-24(16-31-10-8-29-9-11-31)23-15-25(34-27(23)30-26)19(3)28(33)32-21-4-5-22(32)7-6-21/h12-15,21-22,29-30H,3-11,16H2,1-2H3. The lowest BCUT2D eigenvalue weighted by atomic mass is 10.0. The maximum Gasteiger partial charge on any atom is 0.255 e. The van der Waals surface area contributed by atoms with Gasteiger partial charge in [-0.15, -0.1) is 11.3 Å². The molecule has 1 amide bonds. The second kappa shape index (κ2) is 8.67. The number of aromatic amines is 1. The molecular formula is C28H34N4OS. The van der Waals surface area contributed by atoms with Gasteiger partial charge in [0.1, 0.15) is 4.83 Å². The summed E-state index contributed by atoms with van der Waals surface area (Å²) in [6.45, 7) is 13.7. The van der Waals surface area contributed by atoms with E-state index in [9.17, 15) is 4.79 Å². The second-order valence-corrected chi connectivity index (χ2v) is 11.4. The zero-order chi connectivity index (χ0) is 23.4. The summed E-state index contributed by atoms with van der Waals surface area (Å²) in [5, 5.41) is 4.70. The van der Waals surface area contributed by atoms with Crippen molar-refractivity contribution >= 4 is 33.0 Å². The molecule has 3 fully saturated rings. The lowest BCUT2D eigenvalue weighted by Gasteiger charge is -2.27. The minimum Gasteiger partial charge on any atom is -0.346 e. The Morgan fingerprint density at radius 3 is 2.32 bits per heavy atom. The van der Waals surface area contributed by atoms with E-state index in [4.69, 9.17) is 0 Å². The number of amides is 1. The minimum atomic E-state index is 0.145. The van der Waals surface area contributed by atoms with Crippen molar-refractivity contribution in [3.8, 4) is 11.3 Å². The van der Waals surface area contributed by atoms with Gasteiger partial charge in [-0.2, -0.15) is 0 Å². The Balaban J connectivity index is 1.37. The fraction of sp³-hybridized carbons (Fsp3) is 0.464. The molecule has 6 heteroatoms. The lowest BCUT2D eigenvalue weighted by Crippen LogP contribution is -2.42. The Labute approximate surface area is 205 Å². The topological polar surface area (TPSA) is 51.4 Å². The van der Waals surface area contributed by atoms with Crippen LogP contribution in [0.1, 0.15) is 47.3 Å². The summed E-state index contributed by atoms with van der Waals surface area (Å²) < 4.78 is 0. The van der Waals surface area contributed by atoms with Gasteiger partial charge >= 0.3 is 0 Å². The summed E-state index contributed by atoms with van der Waals surface area (Å²) >= 11 is 1.68. The van der Waals surface area contributed by atoms with Crippen molar-refractivity contribution in [1.29, 1.82) is 0 Å². The van der Waals surface area contributed by atoms with Crippen LogP contribution in [0.25, 0.3) is 27.0 Å². The number of carbonyl (C=O) groups is 1. The molecule has 0 aliphatic carbocycles. The number of carbonyl (C=O) groups excluding carboxylic acids is 1. The predicted molar refractivity (Wildman–Crippen MR) is 141 cm³/mol. The van der Waals surface area contributed by atoms with Crippen molar-refractivity contribution in [2.45, 2.75) is 58.2 Å². The Hall–Kier alpha value is -2.41. The first-order chi connectivity index (χ1) is 16.5. The number of nitrogens with zero attached hydrogens (tertiary/aromatic N) is 2. The van der Waals surface area contributed by atoms with Crippen LogP contribution in [0.5, 0.6) is 0 Å². The predicted octanol–water partition coefficient (Wildman–Crippen LogP) is 5.09. The van der Waals surface area contributed by atoms with Crippen molar-refractivity contribution < 1.29 is 4.79 Å². The summed E-state index contributed by atoms with van der Waals surface area (Å²) in [5.41, 5.74) is 7.02. The molecule has 34 heavy (non-hydrogen) atoms. The van der Waals surface area contributed by atoms with Gasteiger partial charge in [-0.3, -0.25) is 9.69 Å². The first-order valence-electron chi connectivity index (χ1n) is 12.7. The third-order valence-electron chi connectivity index (χ3n) is 7.94. The number of aryl methyl sites for hydroxylation is 2. The summed E-state index contributed by atoms with van der Waals surface area (Å²) in [6.07, 6.45) is 4.62. The number of rotatable bonds is 5. The van der Waals surface area contributed by atoms with Gasteiger partial charge in [0.25, 0.3) is 5.91 Å². The Bertz CT molecular complexity index is 1220. The number of H-pyrrole nitrogens is 1. The van der Waals surface area contributed by atoms with E-state index >= 15 is 0 Å². The molecule has 2 aromatic heterocycles.